The van der Waals surface area contributed by atoms with Crippen LogP contribution in [-0.2, 0) is 0 Å². The maximum absolute atomic E-state index is 12.0. The van der Waals surface area contributed by atoms with E-state index in [-0.39, 0.29) is 5.78 Å². The molecule has 0 bridgehead atoms. The molecule has 3 heteroatoms. The molecular formula is C12H12N2O. The van der Waals surface area contributed by atoms with Gasteiger partial charge in [-0.05, 0) is 19.4 Å². The summed E-state index contributed by atoms with van der Waals surface area (Å²) >= 11 is 0. The molecule has 3 nitrogen and oxygen atoms in total. The molecular weight excluding hydrogens is 188 g/mol. The van der Waals surface area contributed by atoms with E-state index < -0.39 is 0 Å². The number of aromatic amines is 1. The van der Waals surface area contributed by atoms with Crippen LogP contribution in [0.1, 0.15) is 27.0 Å². The number of hydrogen-bond donors (Lipinski definition) is 1. The molecule has 0 saturated carbocycles. The van der Waals surface area contributed by atoms with E-state index in [0.717, 1.165) is 16.7 Å². The normalized spacial score (nSPS) is 10.3. The number of aromatic nitrogens is 2. The minimum absolute atomic E-state index is 0.0150. The number of nitrogens with one attached hydrogen (secondary N) is 1. The smallest absolute Gasteiger partial charge is 0.196 e. The highest BCUT2D eigenvalue weighted by atomic mass is 16.1. The standard InChI is InChI=1S/C12H12N2O/c1-8-3-4-11(9(2)5-8)12(15)10-6-13-14-7-10/h3-7H,1-2H3,(H,13,14). The molecule has 0 unspecified atom stereocenters. The summed E-state index contributed by atoms with van der Waals surface area (Å²) in [6, 6.07) is 5.81. The summed E-state index contributed by atoms with van der Waals surface area (Å²) in [6.07, 6.45) is 3.16. The van der Waals surface area contributed by atoms with E-state index in [9.17, 15) is 4.79 Å². The highest BCUT2D eigenvalue weighted by molar-refractivity contribution is 6.09. The van der Waals surface area contributed by atoms with Crippen molar-refractivity contribution >= 4 is 5.78 Å². The number of carbonyl (C=O) groups is 1. The number of benzene rings is 1. The second kappa shape index (κ2) is 3.69. The van der Waals surface area contributed by atoms with E-state index in [1.807, 2.05) is 32.0 Å². The van der Waals surface area contributed by atoms with Crippen LogP contribution < -0.4 is 0 Å². The first kappa shape index (κ1) is 9.65. The molecule has 76 valence electrons. The Bertz CT molecular complexity index is 486. The van der Waals surface area contributed by atoms with Gasteiger partial charge in [-0.1, -0.05) is 23.8 Å². The van der Waals surface area contributed by atoms with Crippen molar-refractivity contribution in [1.29, 1.82) is 0 Å². The molecule has 0 spiro atoms. The van der Waals surface area contributed by atoms with Crippen molar-refractivity contribution in [2.45, 2.75) is 13.8 Å². The van der Waals surface area contributed by atoms with E-state index >= 15 is 0 Å². The molecule has 0 saturated heterocycles. The molecule has 0 aliphatic heterocycles. The summed E-state index contributed by atoms with van der Waals surface area (Å²) in [7, 11) is 0. The fourth-order valence-corrected chi connectivity index (χ4v) is 1.60. The average Bonchev–Trinajstić information content (AvgIpc) is 2.69. The van der Waals surface area contributed by atoms with Crippen molar-refractivity contribution in [2.24, 2.45) is 0 Å². The summed E-state index contributed by atoms with van der Waals surface area (Å²) in [5.74, 6) is 0.0150. The lowest BCUT2D eigenvalue weighted by Gasteiger charge is -2.03. The number of aryl methyl sites for hydroxylation is 2. The lowest BCUT2D eigenvalue weighted by molar-refractivity contribution is 0.103. The number of H-pyrrole nitrogens is 1. The lowest BCUT2D eigenvalue weighted by Crippen LogP contribution is -2.02. The Hall–Kier alpha value is -1.90. The second-order valence-corrected chi connectivity index (χ2v) is 3.63. The molecule has 0 aliphatic rings. The molecule has 1 N–H and O–H groups in total. The van der Waals surface area contributed by atoms with Crippen molar-refractivity contribution < 1.29 is 4.79 Å². The van der Waals surface area contributed by atoms with E-state index in [1.54, 1.807) is 12.4 Å². The number of ketones is 1. The fraction of sp³-hybridized carbons (Fsp3) is 0.167. The summed E-state index contributed by atoms with van der Waals surface area (Å²) < 4.78 is 0. The first-order valence-corrected chi connectivity index (χ1v) is 4.79. The Balaban J connectivity index is 2.42. The monoisotopic (exact) mass is 200 g/mol. The van der Waals surface area contributed by atoms with Crippen LogP contribution in [0.3, 0.4) is 0 Å². The summed E-state index contributed by atoms with van der Waals surface area (Å²) in [4.78, 5) is 12.0. The molecule has 0 atom stereocenters. The second-order valence-electron chi connectivity index (χ2n) is 3.63. The van der Waals surface area contributed by atoms with Gasteiger partial charge in [0.25, 0.3) is 0 Å². The molecule has 0 radical (unpaired) electrons. The Morgan fingerprint density at radius 3 is 2.73 bits per heavy atom. The Morgan fingerprint density at radius 1 is 1.33 bits per heavy atom. The number of hydrogen-bond acceptors (Lipinski definition) is 2. The van der Waals surface area contributed by atoms with Gasteiger partial charge in [0.05, 0.1) is 11.8 Å². The lowest BCUT2D eigenvalue weighted by atomic mass is 9.99. The van der Waals surface area contributed by atoms with Gasteiger partial charge in [-0.3, -0.25) is 9.89 Å². The molecule has 1 heterocycles. The highest BCUT2D eigenvalue weighted by Gasteiger charge is 2.11. The average molecular weight is 200 g/mol. The van der Waals surface area contributed by atoms with Crippen molar-refractivity contribution in [3.63, 3.8) is 0 Å². The predicted molar refractivity (Wildman–Crippen MR) is 57.9 cm³/mol. The predicted octanol–water partition coefficient (Wildman–Crippen LogP) is 2.26. The van der Waals surface area contributed by atoms with Crippen LogP contribution in [0.5, 0.6) is 0 Å². The highest BCUT2D eigenvalue weighted by Crippen LogP contribution is 2.14. The minimum atomic E-state index is 0.0150. The van der Waals surface area contributed by atoms with Gasteiger partial charge in [0, 0.05) is 11.8 Å². The Kier molecular flexibility index (Phi) is 2.37. The van der Waals surface area contributed by atoms with Crippen molar-refractivity contribution in [1.82, 2.24) is 10.2 Å². The minimum Gasteiger partial charge on any atom is -0.288 e. The van der Waals surface area contributed by atoms with E-state index in [4.69, 9.17) is 0 Å². The quantitative estimate of drug-likeness (QED) is 0.756. The van der Waals surface area contributed by atoms with Gasteiger partial charge in [-0.2, -0.15) is 5.10 Å². The zero-order valence-electron chi connectivity index (χ0n) is 8.74. The van der Waals surface area contributed by atoms with Crippen LogP contribution in [0, 0.1) is 13.8 Å². The maximum atomic E-state index is 12.0. The van der Waals surface area contributed by atoms with E-state index in [0.29, 0.717) is 5.56 Å². The van der Waals surface area contributed by atoms with Crippen LogP contribution in [0.25, 0.3) is 0 Å². The van der Waals surface area contributed by atoms with Gasteiger partial charge in [-0.25, -0.2) is 0 Å². The first-order valence-electron chi connectivity index (χ1n) is 4.79. The first-order chi connectivity index (χ1) is 7.18. The topological polar surface area (TPSA) is 45.8 Å². The van der Waals surface area contributed by atoms with Crippen molar-refractivity contribution in [2.75, 3.05) is 0 Å². The maximum Gasteiger partial charge on any atom is 0.196 e. The molecule has 2 aromatic rings. The molecule has 0 amide bonds. The largest absolute Gasteiger partial charge is 0.288 e. The van der Waals surface area contributed by atoms with E-state index in [2.05, 4.69) is 10.2 Å². The van der Waals surface area contributed by atoms with Crippen molar-refractivity contribution in [3.05, 3.63) is 52.8 Å². The van der Waals surface area contributed by atoms with Crippen LogP contribution in [0.4, 0.5) is 0 Å². The number of carbonyl (C=O) groups excluding carboxylic acids is 1. The molecule has 0 aliphatic carbocycles. The summed E-state index contributed by atoms with van der Waals surface area (Å²) in [5.41, 5.74) is 3.50. The number of rotatable bonds is 2. The molecule has 15 heavy (non-hydrogen) atoms. The van der Waals surface area contributed by atoms with Crippen LogP contribution in [0.15, 0.2) is 30.6 Å². The zero-order chi connectivity index (χ0) is 10.8. The third kappa shape index (κ3) is 1.81. The van der Waals surface area contributed by atoms with Gasteiger partial charge >= 0.3 is 0 Å². The van der Waals surface area contributed by atoms with Gasteiger partial charge in [-0.15, -0.1) is 0 Å². The molecule has 1 aromatic carbocycles. The molecule has 2 rings (SSSR count). The summed E-state index contributed by atoms with van der Waals surface area (Å²) in [5, 5.41) is 6.41. The third-order valence-corrected chi connectivity index (χ3v) is 2.39. The third-order valence-electron chi connectivity index (χ3n) is 2.39. The Labute approximate surface area is 88.1 Å². The van der Waals surface area contributed by atoms with E-state index in [1.165, 1.54) is 0 Å². The van der Waals surface area contributed by atoms with Gasteiger partial charge in [0.15, 0.2) is 5.78 Å². The van der Waals surface area contributed by atoms with Crippen LogP contribution in [-0.4, -0.2) is 16.0 Å². The Morgan fingerprint density at radius 2 is 2.13 bits per heavy atom. The zero-order valence-corrected chi connectivity index (χ0v) is 8.74. The van der Waals surface area contributed by atoms with Crippen LogP contribution >= 0.6 is 0 Å². The summed E-state index contributed by atoms with van der Waals surface area (Å²) in [6.45, 7) is 3.96. The van der Waals surface area contributed by atoms with Crippen LogP contribution in [0.2, 0.25) is 0 Å². The number of nitrogens with zero attached hydrogens (tertiary/aromatic N) is 1. The molecule has 0 fully saturated rings. The van der Waals surface area contributed by atoms with Gasteiger partial charge < -0.3 is 0 Å². The SMILES string of the molecule is Cc1ccc(C(=O)c2cn[nH]c2)c(C)c1. The van der Waals surface area contributed by atoms with Gasteiger partial charge in [0.2, 0.25) is 0 Å². The van der Waals surface area contributed by atoms with Gasteiger partial charge in [0.1, 0.15) is 0 Å². The van der Waals surface area contributed by atoms with Crippen molar-refractivity contribution in [3.8, 4) is 0 Å². The molecule has 1 aromatic heterocycles. The fourth-order valence-electron chi connectivity index (χ4n) is 1.60.